The van der Waals surface area contributed by atoms with Crippen LogP contribution in [0.15, 0.2) is 47.5 Å². The number of nitrogens with zero attached hydrogens (tertiary/aromatic N) is 1. The van der Waals surface area contributed by atoms with Gasteiger partial charge in [-0.15, -0.1) is 0 Å². The molecule has 0 heterocycles. The first-order chi connectivity index (χ1) is 27.9. The van der Waals surface area contributed by atoms with E-state index in [2.05, 4.69) is 121 Å². The number of ether oxygens (including phenoxy) is 2. The quantitative estimate of drug-likeness (QED) is 0.0829. The van der Waals surface area contributed by atoms with E-state index in [1.807, 2.05) is 6.92 Å². The number of unbranched alkanes of at least 4 members (excludes halogenated alkanes) is 10. The zero-order valence-electron chi connectivity index (χ0n) is 40.6. The highest BCUT2D eigenvalue weighted by Crippen LogP contribution is 2.49. The van der Waals surface area contributed by atoms with Crippen molar-refractivity contribution in [3.63, 3.8) is 0 Å². The third-order valence-corrected chi connectivity index (χ3v) is 11.8. The molecule has 60 heavy (non-hydrogen) atoms. The van der Waals surface area contributed by atoms with E-state index < -0.39 is 23.2 Å². The van der Waals surface area contributed by atoms with Gasteiger partial charge in [-0.1, -0.05) is 167 Å². The first-order valence-corrected chi connectivity index (χ1v) is 23.3. The fourth-order valence-electron chi connectivity index (χ4n) is 7.94. The van der Waals surface area contributed by atoms with Gasteiger partial charge in [0.1, 0.15) is 17.1 Å². The van der Waals surface area contributed by atoms with Crippen LogP contribution in [0.4, 0.5) is 4.39 Å². The molecule has 3 rings (SSSR count). The molecule has 6 heteroatoms. The highest BCUT2D eigenvalue weighted by Gasteiger charge is 2.43. The van der Waals surface area contributed by atoms with Crippen molar-refractivity contribution < 1.29 is 24.1 Å². The lowest BCUT2D eigenvalue weighted by Crippen LogP contribution is -2.40. The largest absolute Gasteiger partial charge is 0.504 e. The lowest BCUT2D eigenvalue weighted by molar-refractivity contribution is 0.0581. The van der Waals surface area contributed by atoms with E-state index in [1.165, 1.54) is 63.6 Å². The Morgan fingerprint density at radius 3 is 1.28 bits per heavy atom. The molecule has 2 N–H and O–H groups in total. The second-order valence-electron chi connectivity index (χ2n) is 21.4. The zero-order chi connectivity index (χ0) is 45.1. The lowest BCUT2D eigenvalue weighted by Gasteiger charge is -2.39. The molecule has 3 aromatic carbocycles. The molecule has 0 bridgehead atoms. The molecule has 3 aromatic rings. The number of halogens is 1. The Bertz CT molecular complexity index is 1660. The second-order valence-corrected chi connectivity index (χ2v) is 21.4. The fourth-order valence-corrected chi connectivity index (χ4v) is 7.94. The third kappa shape index (κ3) is 13.6. The molecule has 0 aliphatic carbocycles. The van der Waals surface area contributed by atoms with E-state index in [0.717, 1.165) is 59.4 Å². The molecule has 0 saturated carbocycles. The van der Waals surface area contributed by atoms with Gasteiger partial charge in [-0.25, -0.2) is 4.39 Å². The number of aliphatic hydroxyl groups is 1. The van der Waals surface area contributed by atoms with Crippen LogP contribution in [0.5, 0.6) is 17.2 Å². The molecular formula is C54H84FNO4. The molecule has 0 amide bonds. The summed E-state index contributed by atoms with van der Waals surface area (Å²) in [6.45, 7) is 34.1. The number of benzene rings is 3. The molecule has 336 valence electrons. The first-order valence-electron chi connectivity index (χ1n) is 23.3. The summed E-state index contributed by atoms with van der Waals surface area (Å²) in [4.78, 5) is 4.95. The fraction of sp³-hybridized carbons (Fsp3) is 0.648. The molecule has 0 aliphatic heterocycles. The van der Waals surface area contributed by atoms with E-state index in [-0.39, 0.29) is 27.2 Å². The molecule has 0 fully saturated rings. The maximum atomic E-state index is 14.5. The Kier molecular flexibility index (Phi) is 18.4. The number of phenols is 1. The van der Waals surface area contributed by atoms with Crippen LogP contribution in [0.25, 0.3) is 0 Å². The van der Waals surface area contributed by atoms with Crippen molar-refractivity contribution in [1.82, 2.24) is 0 Å². The van der Waals surface area contributed by atoms with E-state index in [1.54, 1.807) is 12.1 Å². The van der Waals surface area contributed by atoms with Crippen LogP contribution in [-0.4, -0.2) is 35.7 Å². The van der Waals surface area contributed by atoms with Gasteiger partial charge in [-0.05, 0) is 89.0 Å². The minimum absolute atomic E-state index is 0.248. The topological polar surface area (TPSA) is 71.3 Å². The predicted octanol–water partition coefficient (Wildman–Crippen LogP) is 14.9. The molecule has 0 aromatic heterocycles. The summed E-state index contributed by atoms with van der Waals surface area (Å²) in [7, 11) is 0. The summed E-state index contributed by atoms with van der Waals surface area (Å²) < 4.78 is 28.2. The number of hydrogen-bond donors (Lipinski definition) is 2. The lowest BCUT2D eigenvalue weighted by atomic mass is 9.71. The molecule has 0 spiro atoms. The maximum Gasteiger partial charge on any atom is 0.165 e. The third-order valence-electron chi connectivity index (χ3n) is 11.8. The number of para-hydroxylation sites is 1. The van der Waals surface area contributed by atoms with Crippen molar-refractivity contribution in [3.8, 4) is 17.2 Å². The highest BCUT2D eigenvalue weighted by molar-refractivity contribution is 5.83. The van der Waals surface area contributed by atoms with Crippen LogP contribution in [-0.2, 0) is 27.3 Å². The van der Waals surface area contributed by atoms with Crippen molar-refractivity contribution in [2.45, 2.75) is 214 Å². The van der Waals surface area contributed by atoms with Gasteiger partial charge < -0.3 is 19.7 Å². The minimum atomic E-state index is -1.67. The zero-order valence-corrected chi connectivity index (χ0v) is 40.6. The second kappa shape index (κ2) is 21.6. The van der Waals surface area contributed by atoms with Crippen LogP contribution < -0.4 is 9.47 Å². The van der Waals surface area contributed by atoms with Gasteiger partial charge in [0.25, 0.3) is 0 Å². The number of phenolic OH excluding ortho intramolecular Hbond substituents is 1. The highest BCUT2D eigenvalue weighted by atomic mass is 19.1. The van der Waals surface area contributed by atoms with Crippen LogP contribution in [0, 0.1) is 5.82 Å². The van der Waals surface area contributed by atoms with Gasteiger partial charge in [0.05, 0.1) is 19.3 Å². The molecule has 1 atom stereocenters. The van der Waals surface area contributed by atoms with Gasteiger partial charge >= 0.3 is 0 Å². The van der Waals surface area contributed by atoms with Crippen molar-refractivity contribution in [2.24, 2.45) is 4.99 Å². The van der Waals surface area contributed by atoms with Crippen molar-refractivity contribution in [1.29, 1.82) is 0 Å². The average Bonchev–Trinajstić information content (AvgIpc) is 3.15. The Balaban J connectivity index is 2.39. The Morgan fingerprint density at radius 2 is 0.933 bits per heavy atom. The van der Waals surface area contributed by atoms with E-state index >= 15 is 0 Å². The van der Waals surface area contributed by atoms with Crippen molar-refractivity contribution in [2.75, 3.05) is 13.2 Å². The smallest absolute Gasteiger partial charge is 0.165 e. The summed E-state index contributed by atoms with van der Waals surface area (Å²) >= 11 is 0. The Labute approximate surface area is 366 Å². The Hall–Kier alpha value is -3.38. The molecular weight excluding hydrogens is 746 g/mol. The molecule has 5 nitrogen and oxygen atoms in total. The normalized spacial score (nSPS) is 13.6. The average molecular weight is 830 g/mol. The van der Waals surface area contributed by atoms with Crippen LogP contribution in [0.1, 0.15) is 220 Å². The number of hydrogen-bond acceptors (Lipinski definition) is 5. The van der Waals surface area contributed by atoms with E-state index in [9.17, 15) is 14.6 Å². The first kappa shape index (κ1) is 51.0. The van der Waals surface area contributed by atoms with Gasteiger partial charge in [-0.3, -0.25) is 4.99 Å². The van der Waals surface area contributed by atoms with E-state index in [0.29, 0.717) is 24.3 Å². The van der Waals surface area contributed by atoms with Crippen molar-refractivity contribution >= 4 is 6.21 Å². The van der Waals surface area contributed by atoms with E-state index in [4.69, 9.17) is 14.5 Å². The van der Waals surface area contributed by atoms with Gasteiger partial charge in [0, 0.05) is 34.0 Å². The van der Waals surface area contributed by atoms with Gasteiger partial charge in [0.2, 0.25) is 0 Å². The number of aliphatic imine (C=N–C) groups is 1. The van der Waals surface area contributed by atoms with Crippen LogP contribution >= 0.6 is 0 Å². The molecule has 0 aliphatic rings. The summed E-state index contributed by atoms with van der Waals surface area (Å²) in [5.41, 5.74) is 2.80. The number of aromatic hydroxyl groups is 1. The molecule has 0 saturated heterocycles. The summed E-state index contributed by atoms with van der Waals surface area (Å²) in [6, 6.07) is 12.2. The molecule has 0 radical (unpaired) electrons. The van der Waals surface area contributed by atoms with Crippen LogP contribution in [0.3, 0.4) is 0 Å². The van der Waals surface area contributed by atoms with Gasteiger partial charge in [0.15, 0.2) is 11.6 Å². The summed E-state index contributed by atoms with van der Waals surface area (Å²) in [5.74, 6) is 0.592. The Morgan fingerprint density at radius 1 is 0.583 bits per heavy atom. The van der Waals surface area contributed by atoms with Gasteiger partial charge in [-0.2, -0.15) is 0 Å². The van der Waals surface area contributed by atoms with Crippen LogP contribution in [0.2, 0.25) is 0 Å². The summed E-state index contributed by atoms with van der Waals surface area (Å²) in [5, 5.41) is 24.5. The minimum Gasteiger partial charge on any atom is -0.504 e. The maximum absolute atomic E-state index is 14.5. The predicted molar refractivity (Wildman–Crippen MR) is 254 cm³/mol. The number of rotatable bonds is 21. The monoisotopic (exact) mass is 830 g/mol. The molecule has 1 unspecified atom stereocenters. The SMILES string of the molecule is CCCCCCCCOc1c(C(C)(C)C)cc(C(O)(c2cc(C(C)(C)C)c(OCCCCCCCC)c(C(C)(C)C)c2)C(C)N=Cc2cccc(F)c2O)cc1C(C)(C)C. The standard InChI is InChI=1S/C54H84FNO4/c1-16-18-20-22-24-26-31-59-48-42(50(4,5)6)33-40(34-43(48)51(7,8)9)54(58,38(3)56-37-39-29-28-30-46(55)47(39)57)41-35-44(52(10,11)12)49(45(36-41)53(13,14)15)60-32-27-25-23-21-19-17-2/h28-30,33-38,57-58H,16-27,31-32H2,1-15H3. The summed E-state index contributed by atoms with van der Waals surface area (Å²) in [6.07, 6.45) is 15.6. The van der Waals surface area contributed by atoms with Crippen molar-refractivity contribution in [3.05, 3.63) is 87.2 Å².